The third-order valence-corrected chi connectivity index (χ3v) is 4.96. The fourth-order valence-electron chi connectivity index (χ4n) is 2.42. The summed E-state index contributed by atoms with van der Waals surface area (Å²) in [5.74, 6) is -0.356. The molecule has 2 aromatic heterocycles. The van der Waals surface area contributed by atoms with E-state index in [4.69, 9.17) is 11.6 Å². The summed E-state index contributed by atoms with van der Waals surface area (Å²) in [5.41, 5.74) is 0.211. The van der Waals surface area contributed by atoms with Gasteiger partial charge in [-0.25, -0.2) is 4.68 Å². The fourth-order valence-corrected chi connectivity index (χ4v) is 3.44. The van der Waals surface area contributed by atoms with E-state index >= 15 is 0 Å². The van der Waals surface area contributed by atoms with E-state index in [-0.39, 0.29) is 11.6 Å². The number of hydrogen-bond acceptors (Lipinski definition) is 3. The number of nitrogens with zero attached hydrogens (tertiary/aromatic N) is 2. The molecule has 0 saturated heterocycles. The topological polar surface area (TPSA) is 46.9 Å². The summed E-state index contributed by atoms with van der Waals surface area (Å²) in [5, 5.41) is 6.81. The number of hydrogen-bond donors (Lipinski definition) is 1. The molecule has 1 amide bonds. The Bertz CT molecular complexity index is 949. The minimum absolute atomic E-state index is 0.237. The van der Waals surface area contributed by atoms with Crippen molar-refractivity contribution in [2.75, 3.05) is 0 Å². The third kappa shape index (κ3) is 3.91. The lowest BCUT2D eigenvalue weighted by Gasteiger charge is -2.10. The molecule has 1 aromatic carbocycles. The van der Waals surface area contributed by atoms with Crippen molar-refractivity contribution >= 4 is 28.8 Å². The number of aromatic nitrogens is 2. The highest BCUT2D eigenvalue weighted by Crippen LogP contribution is 2.30. The molecule has 0 aliphatic rings. The van der Waals surface area contributed by atoms with E-state index in [1.165, 1.54) is 34.3 Å². The molecular formula is C17H13ClF3N3OS. The van der Waals surface area contributed by atoms with Crippen LogP contribution in [0.3, 0.4) is 0 Å². The average molecular weight is 400 g/mol. The molecule has 0 aliphatic carbocycles. The van der Waals surface area contributed by atoms with Crippen molar-refractivity contribution in [1.82, 2.24) is 15.1 Å². The normalized spacial score (nSPS) is 11.6. The number of nitrogens with one attached hydrogen (secondary N) is 1. The van der Waals surface area contributed by atoms with Gasteiger partial charge in [0, 0.05) is 4.88 Å². The molecule has 3 aromatic rings. The van der Waals surface area contributed by atoms with Gasteiger partial charge in [-0.3, -0.25) is 4.79 Å². The summed E-state index contributed by atoms with van der Waals surface area (Å²) in [6, 6.07) is 8.35. The lowest BCUT2D eigenvalue weighted by atomic mass is 10.2. The van der Waals surface area contributed by atoms with E-state index in [1.807, 2.05) is 6.07 Å². The number of halogens is 4. The highest BCUT2D eigenvalue weighted by molar-refractivity contribution is 7.16. The van der Waals surface area contributed by atoms with Gasteiger partial charge in [0.1, 0.15) is 0 Å². The Hall–Kier alpha value is -2.32. The third-order valence-electron chi connectivity index (χ3n) is 3.72. The van der Waals surface area contributed by atoms with Gasteiger partial charge in [0.25, 0.3) is 5.91 Å². The van der Waals surface area contributed by atoms with Crippen molar-refractivity contribution in [2.45, 2.75) is 19.6 Å². The monoisotopic (exact) mass is 399 g/mol. The first-order chi connectivity index (χ1) is 12.3. The SMILES string of the molecule is Cc1c(C(=O)NCc2ccc(Cl)s2)cnn1-c1cccc(C(F)(F)F)c1. The van der Waals surface area contributed by atoms with E-state index in [9.17, 15) is 18.0 Å². The van der Waals surface area contributed by atoms with E-state index in [0.717, 1.165) is 17.0 Å². The van der Waals surface area contributed by atoms with Crippen molar-refractivity contribution in [1.29, 1.82) is 0 Å². The number of alkyl halides is 3. The average Bonchev–Trinajstić information content (AvgIpc) is 3.18. The largest absolute Gasteiger partial charge is 0.416 e. The van der Waals surface area contributed by atoms with Crippen LogP contribution in [0.1, 0.15) is 26.5 Å². The van der Waals surface area contributed by atoms with Crippen LogP contribution in [-0.4, -0.2) is 15.7 Å². The molecule has 0 saturated carbocycles. The fraction of sp³-hybridized carbons (Fsp3) is 0.176. The number of amides is 1. The molecule has 0 radical (unpaired) electrons. The maximum absolute atomic E-state index is 12.9. The minimum Gasteiger partial charge on any atom is -0.347 e. The molecule has 0 atom stereocenters. The Morgan fingerprint density at radius 3 is 2.73 bits per heavy atom. The van der Waals surface area contributed by atoms with Gasteiger partial charge in [0.05, 0.1) is 39.6 Å². The lowest BCUT2D eigenvalue weighted by molar-refractivity contribution is -0.137. The molecule has 0 fully saturated rings. The first kappa shape index (κ1) is 18.5. The Balaban J connectivity index is 1.80. The van der Waals surface area contributed by atoms with Crippen molar-refractivity contribution in [2.24, 2.45) is 0 Å². The van der Waals surface area contributed by atoms with Crippen LogP contribution < -0.4 is 5.32 Å². The molecule has 4 nitrogen and oxygen atoms in total. The second-order valence-corrected chi connectivity index (χ2v) is 7.29. The van der Waals surface area contributed by atoms with Gasteiger partial charge in [0.2, 0.25) is 0 Å². The van der Waals surface area contributed by atoms with Crippen molar-refractivity contribution in [3.05, 3.63) is 68.6 Å². The zero-order chi connectivity index (χ0) is 18.9. The molecule has 2 heterocycles. The summed E-state index contributed by atoms with van der Waals surface area (Å²) in [6.45, 7) is 1.94. The molecule has 136 valence electrons. The molecule has 1 N–H and O–H groups in total. The predicted molar refractivity (Wildman–Crippen MR) is 93.8 cm³/mol. The molecule has 0 bridgehead atoms. The van der Waals surface area contributed by atoms with Crippen molar-refractivity contribution in [3.8, 4) is 5.69 Å². The van der Waals surface area contributed by atoms with E-state index in [0.29, 0.717) is 22.1 Å². The summed E-state index contributed by atoms with van der Waals surface area (Å²) in [6.07, 6.45) is -3.11. The maximum Gasteiger partial charge on any atom is 0.416 e. The molecule has 0 aliphatic heterocycles. The highest BCUT2D eigenvalue weighted by atomic mass is 35.5. The van der Waals surface area contributed by atoms with Crippen molar-refractivity contribution < 1.29 is 18.0 Å². The first-order valence-electron chi connectivity index (χ1n) is 7.50. The van der Waals surface area contributed by atoms with Gasteiger partial charge in [0.15, 0.2) is 0 Å². The highest BCUT2D eigenvalue weighted by Gasteiger charge is 2.30. The van der Waals surface area contributed by atoms with Gasteiger partial charge in [-0.05, 0) is 37.3 Å². The van der Waals surface area contributed by atoms with Crippen LogP contribution in [0.15, 0.2) is 42.6 Å². The Kier molecular flexibility index (Phi) is 5.06. The second-order valence-electron chi connectivity index (χ2n) is 5.49. The Labute approximate surface area is 156 Å². The zero-order valence-corrected chi connectivity index (χ0v) is 15.0. The van der Waals surface area contributed by atoms with Crippen molar-refractivity contribution in [3.63, 3.8) is 0 Å². The molecule has 3 rings (SSSR count). The summed E-state index contributed by atoms with van der Waals surface area (Å²) in [7, 11) is 0. The molecule has 0 spiro atoms. The number of benzene rings is 1. The Morgan fingerprint density at radius 1 is 1.31 bits per heavy atom. The van der Waals surface area contributed by atoms with E-state index < -0.39 is 11.7 Å². The van der Waals surface area contributed by atoms with Crippen LogP contribution in [0.4, 0.5) is 13.2 Å². The Morgan fingerprint density at radius 2 is 2.08 bits per heavy atom. The predicted octanol–water partition coefficient (Wildman–Crippen LogP) is 4.84. The minimum atomic E-state index is -4.45. The van der Waals surface area contributed by atoms with Gasteiger partial charge in [-0.15, -0.1) is 11.3 Å². The number of thiophene rings is 1. The van der Waals surface area contributed by atoms with Gasteiger partial charge >= 0.3 is 6.18 Å². The molecule has 9 heteroatoms. The zero-order valence-electron chi connectivity index (χ0n) is 13.5. The van der Waals surface area contributed by atoms with Crippen LogP contribution in [0, 0.1) is 6.92 Å². The van der Waals surface area contributed by atoms with Crippen LogP contribution in [0.25, 0.3) is 5.69 Å². The number of carbonyl (C=O) groups is 1. The standard InChI is InChI=1S/C17H13ClF3N3OS/c1-10-14(16(25)22-8-13-5-6-15(18)26-13)9-23-24(10)12-4-2-3-11(7-12)17(19,20)21/h2-7,9H,8H2,1H3,(H,22,25). The molecular weight excluding hydrogens is 387 g/mol. The summed E-state index contributed by atoms with van der Waals surface area (Å²) >= 11 is 7.20. The van der Waals surface area contributed by atoms with Gasteiger partial charge < -0.3 is 5.32 Å². The smallest absolute Gasteiger partial charge is 0.347 e. The lowest BCUT2D eigenvalue weighted by Crippen LogP contribution is -2.22. The number of carbonyl (C=O) groups excluding carboxylic acids is 1. The quantitative estimate of drug-likeness (QED) is 0.682. The van der Waals surface area contributed by atoms with E-state index in [1.54, 1.807) is 13.0 Å². The summed E-state index contributed by atoms with van der Waals surface area (Å²) in [4.78, 5) is 13.2. The molecule has 0 unspecified atom stereocenters. The van der Waals surface area contributed by atoms with E-state index in [2.05, 4.69) is 10.4 Å². The first-order valence-corrected chi connectivity index (χ1v) is 8.70. The van der Waals surface area contributed by atoms with Gasteiger partial charge in [-0.2, -0.15) is 18.3 Å². The van der Waals surface area contributed by atoms with Crippen LogP contribution >= 0.6 is 22.9 Å². The van der Waals surface area contributed by atoms with Crippen LogP contribution in [-0.2, 0) is 12.7 Å². The maximum atomic E-state index is 12.9. The van der Waals surface area contributed by atoms with Crippen LogP contribution in [0.5, 0.6) is 0 Å². The van der Waals surface area contributed by atoms with Crippen LogP contribution in [0.2, 0.25) is 4.34 Å². The number of rotatable bonds is 4. The second kappa shape index (κ2) is 7.13. The van der Waals surface area contributed by atoms with Gasteiger partial charge in [-0.1, -0.05) is 17.7 Å². The molecule has 26 heavy (non-hydrogen) atoms. The summed E-state index contributed by atoms with van der Waals surface area (Å²) < 4.78 is 40.6.